The van der Waals surface area contributed by atoms with E-state index in [1.165, 1.54) is 44.3 Å². The number of rotatable bonds is 5. The zero-order chi connectivity index (χ0) is 14.5. The first kappa shape index (κ1) is 13.8. The SMILES string of the molecule is CCNCCc1ncc(C23CC4CC(CC(C)(C4)C2)C3)o1. The monoisotopic (exact) mass is 288 g/mol. The second kappa shape index (κ2) is 4.84. The summed E-state index contributed by atoms with van der Waals surface area (Å²) in [4.78, 5) is 4.56. The number of hydrogen-bond acceptors (Lipinski definition) is 3. The van der Waals surface area contributed by atoms with Gasteiger partial charge in [0.2, 0.25) is 0 Å². The maximum atomic E-state index is 6.21. The fourth-order valence-corrected chi connectivity index (χ4v) is 6.05. The van der Waals surface area contributed by atoms with Gasteiger partial charge < -0.3 is 9.73 Å². The molecule has 0 radical (unpaired) electrons. The van der Waals surface area contributed by atoms with Gasteiger partial charge in [-0.15, -0.1) is 0 Å². The van der Waals surface area contributed by atoms with E-state index in [9.17, 15) is 0 Å². The number of oxazole rings is 1. The average molecular weight is 288 g/mol. The molecule has 21 heavy (non-hydrogen) atoms. The minimum atomic E-state index is 0.322. The maximum Gasteiger partial charge on any atom is 0.195 e. The van der Waals surface area contributed by atoms with E-state index < -0.39 is 0 Å². The molecule has 4 aliphatic rings. The van der Waals surface area contributed by atoms with Crippen LogP contribution in [-0.2, 0) is 11.8 Å². The van der Waals surface area contributed by atoms with Crippen LogP contribution in [0.5, 0.6) is 0 Å². The molecule has 0 aromatic carbocycles. The van der Waals surface area contributed by atoms with E-state index in [-0.39, 0.29) is 0 Å². The lowest BCUT2D eigenvalue weighted by molar-refractivity contribution is -0.0692. The van der Waals surface area contributed by atoms with Gasteiger partial charge in [0, 0.05) is 18.4 Å². The molecule has 0 aliphatic heterocycles. The minimum Gasteiger partial charge on any atom is -0.445 e. The second-order valence-electron chi connectivity index (χ2n) is 8.27. The van der Waals surface area contributed by atoms with Gasteiger partial charge in [0.05, 0.1) is 6.20 Å². The Kier molecular flexibility index (Phi) is 3.18. The highest BCUT2D eigenvalue weighted by Gasteiger charge is 2.57. The van der Waals surface area contributed by atoms with Crippen LogP contribution in [-0.4, -0.2) is 18.1 Å². The number of aromatic nitrogens is 1. The van der Waals surface area contributed by atoms with Gasteiger partial charge in [-0.25, -0.2) is 4.98 Å². The fraction of sp³-hybridized carbons (Fsp3) is 0.833. The molecule has 4 fully saturated rings. The molecular formula is C18H28N2O. The topological polar surface area (TPSA) is 38.1 Å². The van der Waals surface area contributed by atoms with Crippen LogP contribution in [0.3, 0.4) is 0 Å². The maximum absolute atomic E-state index is 6.21. The van der Waals surface area contributed by atoms with Crippen molar-refractivity contribution < 1.29 is 4.42 Å². The van der Waals surface area contributed by atoms with E-state index in [1.807, 2.05) is 0 Å². The molecular weight excluding hydrogens is 260 g/mol. The molecule has 0 spiro atoms. The molecule has 4 saturated carbocycles. The van der Waals surface area contributed by atoms with E-state index >= 15 is 0 Å². The van der Waals surface area contributed by atoms with Crippen LogP contribution in [0.2, 0.25) is 0 Å². The Balaban J connectivity index is 1.55. The Labute approximate surface area is 127 Å². The van der Waals surface area contributed by atoms with Gasteiger partial charge in [-0.05, 0) is 62.3 Å². The van der Waals surface area contributed by atoms with Crippen LogP contribution in [0.1, 0.15) is 64.0 Å². The number of nitrogens with one attached hydrogen (secondary N) is 1. The molecule has 116 valence electrons. The van der Waals surface area contributed by atoms with Crippen molar-refractivity contribution in [1.29, 1.82) is 0 Å². The smallest absolute Gasteiger partial charge is 0.195 e. The largest absolute Gasteiger partial charge is 0.445 e. The summed E-state index contributed by atoms with van der Waals surface area (Å²) in [6.07, 6.45) is 11.4. The van der Waals surface area contributed by atoms with Crippen molar-refractivity contribution in [1.82, 2.24) is 10.3 Å². The van der Waals surface area contributed by atoms with Crippen molar-refractivity contribution in [2.24, 2.45) is 17.3 Å². The summed E-state index contributed by atoms with van der Waals surface area (Å²) in [5, 5.41) is 3.35. The molecule has 1 N–H and O–H groups in total. The van der Waals surface area contributed by atoms with Crippen molar-refractivity contribution in [3.05, 3.63) is 17.8 Å². The summed E-state index contributed by atoms with van der Waals surface area (Å²) in [5.74, 6) is 4.00. The van der Waals surface area contributed by atoms with Crippen LogP contribution in [0.25, 0.3) is 0 Å². The predicted molar refractivity (Wildman–Crippen MR) is 83.2 cm³/mol. The third-order valence-corrected chi connectivity index (χ3v) is 6.20. The summed E-state index contributed by atoms with van der Waals surface area (Å²) in [6, 6.07) is 0. The quantitative estimate of drug-likeness (QED) is 0.840. The molecule has 0 saturated heterocycles. The van der Waals surface area contributed by atoms with Crippen LogP contribution in [0.15, 0.2) is 10.6 Å². The van der Waals surface area contributed by atoms with E-state index in [1.54, 1.807) is 0 Å². The molecule has 0 amide bonds. The first-order valence-corrected chi connectivity index (χ1v) is 8.77. The standard InChI is InChI=1S/C18H28N2O/c1-3-19-5-4-16-20-11-15(21-16)18-9-13-6-14(10-18)8-17(2,7-13)12-18/h11,13-14,19H,3-10,12H2,1-2H3. The Hall–Kier alpha value is -0.830. The van der Waals surface area contributed by atoms with E-state index in [0.717, 1.165) is 37.2 Å². The zero-order valence-electron chi connectivity index (χ0n) is 13.5. The Morgan fingerprint density at radius 3 is 2.71 bits per heavy atom. The van der Waals surface area contributed by atoms with Gasteiger partial charge in [-0.2, -0.15) is 0 Å². The van der Waals surface area contributed by atoms with Crippen LogP contribution in [0.4, 0.5) is 0 Å². The molecule has 4 bridgehead atoms. The van der Waals surface area contributed by atoms with E-state index in [0.29, 0.717) is 10.8 Å². The Morgan fingerprint density at radius 2 is 2.05 bits per heavy atom. The fourth-order valence-electron chi connectivity index (χ4n) is 6.05. The normalized spacial score (nSPS) is 40.9. The van der Waals surface area contributed by atoms with Gasteiger partial charge in [-0.3, -0.25) is 0 Å². The van der Waals surface area contributed by atoms with Gasteiger partial charge >= 0.3 is 0 Å². The molecule has 2 unspecified atom stereocenters. The molecule has 1 aromatic heterocycles. The van der Waals surface area contributed by atoms with Crippen LogP contribution in [0, 0.1) is 17.3 Å². The summed E-state index contributed by atoms with van der Waals surface area (Å²) in [5.41, 5.74) is 0.892. The number of nitrogens with zero attached hydrogens (tertiary/aromatic N) is 1. The van der Waals surface area contributed by atoms with Gasteiger partial charge in [-0.1, -0.05) is 13.8 Å². The molecule has 5 rings (SSSR count). The van der Waals surface area contributed by atoms with Crippen LogP contribution < -0.4 is 5.32 Å². The highest BCUT2D eigenvalue weighted by molar-refractivity contribution is 5.21. The lowest BCUT2D eigenvalue weighted by atomic mass is 9.44. The highest BCUT2D eigenvalue weighted by atomic mass is 16.4. The molecule has 4 aliphatic carbocycles. The lowest BCUT2D eigenvalue weighted by Crippen LogP contribution is -2.52. The van der Waals surface area contributed by atoms with Crippen molar-refractivity contribution in [3.8, 4) is 0 Å². The van der Waals surface area contributed by atoms with Crippen molar-refractivity contribution >= 4 is 0 Å². The highest BCUT2D eigenvalue weighted by Crippen LogP contribution is 2.65. The average Bonchev–Trinajstić information content (AvgIpc) is 2.85. The third-order valence-electron chi connectivity index (χ3n) is 6.20. The van der Waals surface area contributed by atoms with Gasteiger partial charge in [0.1, 0.15) is 5.76 Å². The van der Waals surface area contributed by atoms with E-state index in [4.69, 9.17) is 4.42 Å². The van der Waals surface area contributed by atoms with Crippen molar-refractivity contribution in [2.75, 3.05) is 13.1 Å². The first-order chi connectivity index (χ1) is 10.1. The molecule has 2 atom stereocenters. The molecule has 3 heteroatoms. The minimum absolute atomic E-state index is 0.322. The lowest BCUT2D eigenvalue weighted by Gasteiger charge is -2.60. The van der Waals surface area contributed by atoms with Crippen LogP contribution >= 0.6 is 0 Å². The second-order valence-corrected chi connectivity index (χ2v) is 8.27. The molecule has 1 heterocycles. The summed E-state index contributed by atoms with van der Waals surface area (Å²) < 4.78 is 6.21. The third kappa shape index (κ3) is 2.34. The molecule has 3 nitrogen and oxygen atoms in total. The Bertz CT molecular complexity index is 507. The van der Waals surface area contributed by atoms with Gasteiger partial charge in [0.15, 0.2) is 5.89 Å². The summed E-state index contributed by atoms with van der Waals surface area (Å²) >= 11 is 0. The summed E-state index contributed by atoms with van der Waals surface area (Å²) in [7, 11) is 0. The predicted octanol–water partition coefficient (Wildman–Crippen LogP) is 3.68. The zero-order valence-corrected chi connectivity index (χ0v) is 13.5. The van der Waals surface area contributed by atoms with Crippen molar-refractivity contribution in [2.45, 2.75) is 64.2 Å². The Morgan fingerprint density at radius 1 is 1.29 bits per heavy atom. The van der Waals surface area contributed by atoms with Crippen molar-refractivity contribution in [3.63, 3.8) is 0 Å². The first-order valence-electron chi connectivity index (χ1n) is 8.77. The van der Waals surface area contributed by atoms with Gasteiger partial charge in [0.25, 0.3) is 0 Å². The van der Waals surface area contributed by atoms with E-state index in [2.05, 4.69) is 30.3 Å². The number of likely N-dealkylation sites (N-methyl/N-ethyl adjacent to an activating group) is 1. The summed E-state index contributed by atoms with van der Waals surface area (Å²) in [6.45, 7) is 6.63. The molecule has 1 aromatic rings. The number of hydrogen-bond donors (Lipinski definition) is 1.